The molecule has 52 valence electrons. The van der Waals surface area contributed by atoms with Crippen LogP contribution >= 0.6 is 0 Å². The molecular formula is C10H12. The van der Waals surface area contributed by atoms with Gasteiger partial charge in [0.15, 0.2) is 0 Å². The van der Waals surface area contributed by atoms with Gasteiger partial charge in [-0.2, -0.15) is 0 Å². The third kappa shape index (κ3) is 2.06. The highest BCUT2D eigenvalue weighted by Crippen LogP contribution is 2.09. The summed E-state index contributed by atoms with van der Waals surface area (Å²) in [6.45, 7) is 2.03. The lowest BCUT2D eigenvalue weighted by Gasteiger charge is -1.98. The summed E-state index contributed by atoms with van der Waals surface area (Å²) in [6, 6.07) is 0. The first-order chi connectivity index (χ1) is 4.93. The van der Waals surface area contributed by atoms with Crippen LogP contribution in [0.15, 0.2) is 48.1 Å². The molecule has 0 saturated heterocycles. The Morgan fingerprint density at radius 3 is 2.90 bits per heavy atom. The highest BCUT2D eigenvalue weighted by Gasteiger charge is 1.89. The van der Waals surface area contributed by atoms with Gasteiger partial charge in [-0.05, 0) is 18.9 Å². The van der Waals surface area contributed by atoms with E-state index in [0.29, 0.717) is 0 Å². The van der Waals surface area contributed by atoms with Crippen molar-refractivity contribution in [2.75, 3.05) is 0 Å². The fraction of sp³-hybridized carbons (Fsp3) is 0.200. The van der Waals surface area contributed by atoms with Gasteiger partial charge in [-0.3, -0.25) is 0 Å². The Hall–Kier alpha value is -1.04. The lowest BCUT2D eigenvalue weighted by molar-refractivity contribution is 1.26. The Morgan fingerprint density at radius 2 is 2.30 bits per heavy atom. The molecule has 0 aromatic rings. The Labute approximate surface area is 62.3 Å². The minimum atomic E-state index is 1.07. The van der Waals surface area contributed by atoms with Crippen LogP contribution in [0, 0.1) is 0 Å². The molecule has 0 heterocycles. The maximum Gasteiger partial charge on any atom is -0.00943 e. The van der Waals surface area contributed by atoms with E-state index in [-0.39, 0.29) is 0 Å². The van der Waals surface area contributed by atoms with Gasteiger partial charge in [0.1, 0.15) is 0 Å². The molecule has 1 rings (SSSR count). The first-order valence-corrected chi connectivity index (χ1v) is 3.58. The summed E-state index contributed by atoms with van der Waals surface area (Å²) in [5, 5.41) is 0. The second kappa shape index (κ2) is 3.89. The molecule has 0 N–H and O–H groups in total. The van der Waals surface area contributed by atoms with Crippen LogP contribution in [-0.4, -0.2) is 0 Å². The monoisotopic (exact) mass is 132 g/mol. The Balaban J connectivity index is 2.58. The van der Waals surface area contributed by atoms with Crippen LogP contribution < -0.4 is 0 Å². The van der Waals surface area contributed by atoms with Gasteiger partial charge in [0.2, 0.25) is 0 Å². The van der Waals surface area contributed by atoms with Gasteiger partial charge in [0, 0.05) is 0 Å². The lowest BCUT2D eigenvalue weighted by atomic mass is 10.1. The molecule has 0 fully saturated rings. The normalized spacial score (nSPS) is 21.1. The standard InChI is InChI=1S/C10H12/c1-2-3-7-10-8-5-4-6-9-10/h2-8H,9H2,1H3/b3-2-,10-7-. The van der Waals surface area contributed by atoms with E-state index in [1.807, 2.05) is 13.0 Å². The molecule has 0 radical (unpaired) electrons. The van der Waals surface area contributed by atoms with Crippen molar-refractivity contribution in [3.63, 3.8) is 0 Å². The highest BCUT2D eigenvalue weighted by molar-refractivity contribution is 5.31. The quantitative estimate of drug-likeness (QED) is 0.514. The van der Waals surface area contributed by atoms with E-state index in [0.717, 1.165) is 6.42 Å². The lowest BCUT2D eigenvalue weighted by Crippen LogP contribution is -1.78. The molecule has 0 nitrogen and oxygen atoms in total. The fourth-order valence-electron chi connectivity index (χ4n) is 0.873. The molecule has 0 amide bonds. The van der Waals surface area contributed by atoms with Crippen LogP contribution in [-0.2, 0) is 0 Å². The topological polar surface area (TPSA) is 0 Å². The van der Waals surface area contributed by atoms with Crippen LogP contribution in [0.5, 0.6) is 0 Å². The van der Waals surface area contributed by atoms with Gasteiger partial charge < -0.3 is 0 Å². The molecule has 0 heteroatoms. The smallest absolute Gasteiger partial charge is 0.00943 e. The summed E-state index contributed by atoms with van der Waals surface area (Å²) in [5.74, 6) is 0. The molecule has 0 saturated carbocycles. The Morgan fingerprint density at radius 1 is 1.40 bits per heavy atom. The molecule has 1 aliphatic rings. The predicted octanol–water partition coefficient (Wildman–Crippen LogP) is 3.01. The van der Waals surface area contributed by atoms with Gasteiger partial charge in [-0.15, -0.1) is 0 Å². The van der Waals surface area contributed by atoms with Crippen molar-refractivity contribution in [1.29, 1.82) is 0 Å². The number of hydrogen-bond donors (Lipinski definition) is 0. The van der Waals surface area contributed by atoms with Crippen molar-refractivity contribution in [2.45, 2.75) is 13.3 Å². The Kier molecular flexibility index (Phi) is 2.75. The molecule has 0 unspecified atom stereocenters. The van der Waals surface area contributed by atoms with Crippen LogP contribution in [0.3, 0.4) is 0 Å². The Bertz CT molecular complexity index is 202. The molecule has 0 bridgehead atoms. The zero-order valence-electron chi connectivity index (χ0n) is 6.25. The molecule has 0 aliphatic heterocycles. The van der Waals surface area contributed by atoms with Crippen LogP contribution in [0.1, 0.15) is 13.3 Å². The van der Waals surface area contributed by atoms with Crippen molar-refractivity contribution in [1.82, 2.24) is 0 Å². The number of allylic oxidation sites excluding steroid dienone is 8. The van der Waals surface area contributed by atoms with Crippen molar-refractivity contribution >= 4 is 0 Å². The van der Waals surface area contributed by atoms with Crippen LogP contribution in [0.2, 0.25) is 0 Å². The summed E-state index contributed by atoms with van der Waals surface area (Å²) in [4.78, 5) is 0. The summed E-state index contributed by atoms with van der Waals surface area (Å²) >= 11 is 0. The van der Waals surface area contributed by atoms with E-state index < -0.39 is 0 Å². The minimum Gasteiger partial charge on any atom is -0.0877 e. The van der Waals surface area contributed by atoms with Crippen molar-refractivity contribution in [2.24, 2.45) is 0 Å². The zero-order valence-corrected chi connectivity index (χ0v) is 6.25. The number of hydrogen-bond acceptors (Lipinski definition) is 0. The molecule has 10 heavy (non-hydrogen) atoms. The molecule has 0 atom stereocenters. The second-order valence-electron chi connectivity index (χ2n) is 2.26. The fourth-order valence-corrected chi connectivity index (χ4v) is 0.873. The summed E-state index contributed by atoms with van der Waals surface area (Å²) in [7, 11) is 0. The highest BCUT2D eigenvalue weighted by atomic mass is 13.9. The number of rotatable bonds is 1. The van der Waals surface area contributed by atoms with Gasteiger partial charge in [-0.1, -0.05) is 42.5 Å². The predicted molar refractivity (Wildman–Crippen MR) is 45.8 cm³/mol. The van der Waals surface area contributed by atoms with Crippen molar-refractivity contribution in [3.8, 4) is 0 Å². The molecular weight excluding hydrogens is 120 g/mol. The van der Waals surface area contributed by atoms with Crippen LogP contribution in [0.4, 0.5) is 0 Å². The van der Waals surface area contributed by atoms with E-state index in [1.165, 1.54) is 5.57 Å². The van der Waals surface area contributed by atoms with Gasteiger partial charge in [0.25, 0.3) is 0 Å². The van der Waals surface area contributed by atoms with E-state index in [2.05, 4.69) is 36.5 Å². The summed E-state index contributed by atoms with van der Waals surface area (Å²) < 4.78 is 0. The first kappa shape index (κ1) is 7.07. The molecule has 1 aliphatic carbocycles. The maximum atomic E-state index is 2.16. The van der Waals surface area contributed by atoms with E-state index in [4.69, 9.17) is 0 Å². The largest absolute Gasteiger partial charge is 0.0877 e. The molecule has 0 aromatic heterocycles. The third-order valence-corrected chi connectivity index (χ3v) is 1.41. The summed E-state index contributed by atoms with van der Waals surface area (Å²) in [5.41, 5.74) is 1.38. The van der Waals surface area contributed by atoms with E-state index >= 15 is 0 Å². The molecule has 0 spiro atoms. The SMILES string of the molecule is C/C=C\C=C1\C=CC=CC1. The van der Waals surface area contributed by atoms with E-state index in [1.54, 1.807) is 0 Å². The van der Waals surface area contributed by atoms with E-state index in [9.17, 15) is 0 Å². The molecule has 0 aromatic carbocycles. The van der Waals surface area contributed by atoms with Crippen LogP contribution in [0.25, 0.3) is 0 Å². The first-order valence-electron chi connectivity index (χ1n) is 3.58. The summed E-state index contributed by atoms with van der Waals surface area (Å²) in [6.07, 6.45) is 15.8. The van der Waals surface area contributed by atoms with Crippen molar-refractivity contribution < 1.29 is 0 Å². The second-order valence-corrected chi connectivity index (χ2v) is 2.26. The minimum absolute atomic E-state index is 1.07. The average Bonchev–Trinajstić information content (AvgIpc) is 2.03. The van der Waals surface area contributed by atoms with Gasteiger partial charge in [0.05, 0.1) is 0 Å². The third-order valence-electron chi connectivity index (χ3n) is 1.41. The average molecular weight is 132 g/mol. The van der Waals surface area contributed by atoms with Gasteiger partial charge in [-0.25, -0.2) is 0 Å². The van der Waals surface area contributed by atoms with Gasteiger partial charge >= 0.3 is 0 Å². The maximum absolute atomic E-state index is 2.16. The van der Waals surface area contributed by atoms with Crippen molar-refractivity contribution in [3.05, 3.63) is 48.1 Å². The zero-order chi connectivity index (χ0) is 7.23.